The largest absolute Gasteiger partial charge is 0.369 e. The molecule has 0 spiro atoms. The van der Waals surface area contributed by atoms with Gasteiger partial charge < -0.3 is 16.4 Å². The molecular weight excluding hydrogens is 492 g/mol. The zero-order valence-electron chi connectivity index (χ0n) is 19.5. The van der Waals surface area contributed by atoms with Gasteiger partial charge in [0.2, 0.25) is 17.8 Å². The van der Waals surface area contributed by atoms with Crippen molar-refractivity contribution in [1.82, 2.24) is 19.5 Å². The van der Waals surface area contributed by atoms with E-state index in [9.17, 15) is 9.18 Å². The van der Waals surface area contributed by atoms with Crippen LogP contribution in [-0.2, 0) is 4.79 Å². The van der Waals surface area contributed by atoms with Gasteiger partial charge in [0, 0.05) is 22.5 Å². The van der Waals surface area contributed by atoms with E-state index >= 15 is 0 Å². The molecule has 0 saturated heterocycles. The Morgan fingerprint density at radius 2 is 1.89 bits per heavy atom. The summed E-state index contributed by atoms with van der Waals surface area (Å²) in [6.45, 7) is 1.91. The third-order valence-electron chi connectivity index (χ3n) is 7.38. The number of carbonyl (C=O) groups excluding carboxylic acids is 1. The molecule has 2 fully saturated rings. The Hall–Kier alpha value is -2.65. The lowest BCUT2D eigenvalue weighted by Crippen LogP contribution is -2.38. The highest BCUT2D eigenvalue weighted by Gasteiger charge is 2.37. The Labute approximate surface area is 212 Å². The number of hydrogen-bond donors (Lipinski definition) is 3. The molecule has 3 aromatic rings. The first-order chi connectivity index (χ1) is 16.7. The number of rotatable bonds is 6. The quantitative estimate of drug-likeness (QED) is 0.369. The van der Waals surface area contributed by atoms with Crippen LogP contribution in [0.3, 0.4) is 0 Å². The molecule has 0 unspecified atom stereocenters. The van der Waals surface area contributed by atoms with E-state index in [2.05, 4.69) is 20.6 Å². The van der Waals surface area contributed by atoms with Gasteiger partial charge in [-0.3, -0.25) is 9.36 Å². The molecule has 2 heterocycles. The average molecular weight is 520 g/mol. The molecule has 2 aliphatic rings. The minimum Gasteiger partial charge on any atom is -0.369 e. The van der Waals surface area contributed by atoms with Crippen LogP contribution in [0.15, 0.2) is 18.3 Å². The second kappa shape index (κ2) is 9.43. The number of amides is 1. The second-order valence-electron chi connectivity index (χ2n) is 9.86. The van der Waals surface area contributed by atoms with Crippen LogP contribution in [-0.4, -0.2) is 31.5 Å². The molecule has 4 N–H and O–H groups in total. The van der Waals surface area contributed by atoms with E-state index in [0.29, 0.717) is 54.8 Å². The number of benzene rings is 1. The van der Waals surface area contributed by atoms with Crippen molar-refractivity contribution in [2.24, 2.45) is 11.1 Å². The fraction of sp³-hybridized carbons (Fsp3) is 0.500. The molecule has 11 heteroatoms. The third-order valence-corrected chi connectivity index (χ3v) is 7.90. The standard InChI is InChI=1S/C24H28Cl2FN7O/c1-24(21(28)35)8-6-15(7-9-24)34-20-18(12-29-22(33-20)30-14-4-2-3-5-14)31-23(34)32-19-16(26)10-13(25)11-17(19)27/h10-12,14-15H,2-9H2,1H3,(H2,28,35)(H,31,32)(H,29,30,33)/t15-,24-. The average Bonchev–Trinajstić information content (AvgIpc) is 3.44. The maximum Gasteiger partial charge on any atom is 0.224 e. The number of halogens is 3. The SMILES string of the molecule is C[C@]1(C(N)=O)CC[C@H](n2c(Nc3c(F)cc(Cl)cc3Cl)nc3cnc(NC4CCCC4)nc32)CC1. The highest BCUT2D eigenvalue weighted by molar-refractivity contribution is 6.36. The van der Waals surface area contributed by atoms with Crippen molar-refractivity contribution < 1.29 is 9.18 Å². The summed E-state index contributed by atoms with van der Waals surface area (Å²) in [6, 6.07) is 3.02. The normalized spacial score (nSPS) is 23.0. The zero-order valence-corrected chi connectivity index (χ0v) is 21.0. The number of nitrogens with zero attached hydrogens (tertiary/aromatic N) is 4. The number of nitrogens with two attached hydrogens (primary N) is 1. The lowest BCUT2D eigenvalue weighted by molar-refractivity contribution is -0.128. The summed E-state index contributed by atoms with van der Waals surface area (Å²) >= 11 is 12.2. The molecule has 2 aromatic heterocycles. The lowest BCUT2D eigenvalue weighted by atomic mass is 9.73. The van der Waals surface area contributed by atoms with Gasteiger partial charge in [-0.25, -0.2) is 14.4 Å². The van der Waals surface area contributed by atoms with Crippen molar-refractivity contribution in [3.8, 4) is 0 Å². The first-order valence-corrected chi connectivity index (χ1v) is 12.7. The van der Waals surface area contributed by atoms with Crippen LogP contribution in [0.2, 0.25) is 10.0 Å². The van der Waals surface area contributed by atoms with E-state index in [4.69, 9.17) is 33.9 Å². The van der Waals surface area contributed by atoms with E-state index in [1.807, 2.05) is 11.5 Å². The molecule has 2 aliphatic carbocycles. The number of fused-ring (bicyclic) bond motifs is 1. The van der Waals surface area contributed by atoms with Crippen LogP contribution in [0.25, 0.3) is 11.2 Å². The topological polar surface area (TPSA) is 111 Å². The molecule has 1 aromatic carbocycles. The number of carbonyl (C=O) groups is 1. The van der Waals surface area contributed by atoms with Gasteiger partial charge in [-0.2, -0.15) is 4.98 Å². The van der Waals surface area contributed by atoms with E-state index in [1.54, 1.807) is 6.20 Å². The molecule has 0 radical (unpaired) electrons. The van der Waals surface area contributed by atoms with Gasteiger partial charge >= 0.3 is 0 Å². The Balaban J connectivity index is 1.54. The smallest absolute Gasteiger partial charge is 0.224 e. The molecule has 35 heavy (non-hydrogen) atoms. The van der Waals surface area contributed by atoms with E-state index in [1.165, 1.54) is 25.0 Å². The Kier molecular flexibility index (Phi) is 6.48. The predicted octanol–water partition coefficient (Wildman–Crippen LogP) is 5.98. The summed E-state index contributed by atoms with van der Waals surface area (Å²) in [6.07, 6.45) is 8.93. The second-order valence-corrected chi connectivity index (χ2v) is 10.7. The molecule has 0 bridgehead atoms. The molecule has 186 valence electrons. The minimum atomic E-state index is -0.583. The number of imidazole rings is 1. The summed E-state index contributed by atoms with van der Waals surface area (Å²) in [7, 11) is 0. The lowest BCUT2D eigenvalue weighted by Gasteiger charge is -2.35. The van der Waals surface area contributed by atoms with Gasteiger partial charge in [-0.15, -0.1) is 0 Å². The molecular formula is C24H28Cl2FN7O. The summed E-state index contributed by atoms with van der Waals surface area (Å²) < 4.78 is 16.7. The Morgan fingerprint density at radius 3 is 2.54 bits per heavy atom. The molecule has 0 atom stereocenters. The Bertz CT molecular complexity index is 1240. The number of hydrogen-bond acceptors (Lipinski definition) is 6. The summed E-state index contributed by atoms with van der Waals surface area (Å²) in [5.74, 6) is 0.0830. The van der Waals surface area contributed by atoms with Gasteiger partial charge in [0.05, 0.1) is 16.9 Å². The van der Waals surface area contributed by atoms with Crippen LogP contribution in [0.4, 0.5) is 22.0 Å². The van der Waals surface area contributed by atoms with Crippen molar-refractivity contribution >= 4 is 57.9 Å². The molecule has 1 amide bonds. The molecule has 0 aliphatic heterocycles. The van der Waals surface area contributed by atoms with E-state index in [0.717, 1.165) is 12.8 Å². The van der Waals surface area contributed by atoms with Gasteiger partial charge in [-0.05, 0) is 50.7 Å². The summed E-state index contributed by atoms with van der Waals surface area (Å²) in [5, 5.41) is 6.85. The van der Waals surface area contributed by atoms with Crippen molar-refractivity contribution in [2.75, 3.05) is 10.6 Å². The predicted molar refractivity (Wildman–Crippen MR) is 136 cm³/mol. The van der Waals surface area contributed by atoms with Gasteiger partial charge in [0.25, 0.3) is 0 Å². The van der Waals surface area contributed by atoms with Crippen LogP contribution in [0, 0.1) is 11.2 Å². The fourth-order valence-corrected chi connectivity index (χ4v) is 5.68. The monoisotopic (exact) mass is 519 g/mol. The molecule has 8 nitrogen and oxygen atoms in total. The number of nitrogens with one attached hydrogen (secondary N) is 2. The molecule has 2 saturated carbocycles. The Morgan fingerprint density at radius 1 is 1.17 bits per heavy atom. The first-order valence-electron chi connectivity index (χ1n) is 12.0. The third kappa shape index (κ3) is 4.76. The van der Waals surface area contributed by atoms with Gasteiger partial charge in [0.1, 0.15) is 11.3 Å². The van der Waals surface area contributed by atoms with Crippen molar-refractivity contribution in [3.63, 3.8) is 0 Å². The van der Waals surface area contributed by atoms with E-state index in [-0.39, 0.29) is 27.7 Å². The van der Waals surface area contributed by atoms with Crippen molar-refractivity contribution in [1.29, 1.82) is 0 Å². The van der Waals surface area contributed by atoms with Crippen molar-refractivity contribution in [3.05, 3.63) is 34.2 Å². The maximum absolute atomic E-state index is 14.8. The zero-order chi connectivity index (χ0) is 24.7. The van der Waals surface area contributed by atoms with Crippen molar-refractivity contribution in [2.45, 2.75) is 70.4 Å². The highest BCUT2D eigenvalue weighted by Crippen LogP contribution is 2.43. The molecule has 5 rings (SSSR count). The highest BCUT2D eigenvalue weighted by atomic mass is 35.5. The van der Waals surface area contributed by atoms with Gasteiger partial charge in [0.15, 0.2) is 5.65 Å². The fourth-order valence-electron chi connectivity index (χ4n) is 5.16. The number of anilines is 3. The van der Waals surface area contributed by atoms with Crippen LogP contribution in [0.5, 0.6) is 0 Å². The summed E-state index contributed by atoms with van der Waals surface area (Å²) in [5.41, 5.74) is 6.43. The van der Waals surface area contributed by atoms with E-state index < -0.39 is 11.2 Å². The van der Waals surface area contributed by atoms with Crippen LogP contribution < -0.4 is 16.4 Å². The first kappa shape index (κ1) is 24.1. The van der Waals surface area contributed by atoms with Gasteiger partial charge in [-0.1, -0.05) is 43.0 Å². The maximum atomic E-state index is 14.8. The van der Waals surface area contributed by atoms with Crippen LogP contribution in [0.1, 0.15) is 64.3 Å². The summed E-state index contributed by atoms with van der Waals surface area (Å²) in [4.78, 5) is 25.9. The number of aromatic nitrogens is 4. The minimum absolute atomic E-state index is 0.0155. The van der Waals surface area contributed by atoms with Crippen LogP contribution >= 0.6 is 23.2 Å². The number of primary amides is 1.